The molecule has 1 saturated carbocycles. The molecule has 150 valence electrons. The summed E-state index contributed by atoms with van der Waals surface area (Å²) in [4.78, 5) is 13.1. The largest absolute Gasteiger partial charge is 0.469 e. The first-order valence-corrected chi connectivity index (χ1v) is 11.4. The summed E-state index contributed by atoms with van der Waals surface area (Å²) in [7, 11) is -2.07. The van der Waals surface area contributed by atoms with Gasteiger partial charge in [-0.25, -0.2) is 0 Å². The highest BCUT2D eigenvalue weighted by Gasteiger charge is 2.83. The Kier molecular flexibility index (Phi) is 5.92. The van der Waals surface area contributed by atoms with E-state index in [1.54, 1.807) is 12.1 Å². The molecule has 0 saturated heterocycles. The lowest BCUT2D eigenvalue weighted by Crippen LogP contribution is -2.26. The molecular formula is C20H23O6PS. The molecule has 3 rings (SSSR count). The molecule has 0 aromatic heterocycles. The van der Waals surface area contributed by atoms with E-state index in [4.69, 9.17) is 13.8 Å². The van der Waals surface area contributed by atoms with E-state index in [1.165, 1.54) is 21.3 Å². The number of ether oxygens (including phenoxy) is 1. The number of esters is 1. The first-order chi connectivity index (χ1) is 13.4. The Morgan fingerprint density at radius 2 is 1.57 bits per heavy atom. The van der Waals surface area contributed by atoms with Gasteiger partial charge in [0.1, 0.15) is 0 Å². The molecule has 0 unspecified atom stereocenters. The zero-order valence-corrected chi connectivity index (χ0v) is 17.9. The van der Waals surface area contributed by atoms with Gasteiger partial charge in [-0.15, -0.1) is 0 Å². The van der Waals surface area contributed by atoms with Crippen LogP contribution in [-0.4, -0.2) is 36.0 Å². The number of carbonyl (C=O) groups excluding carboxylic acids is 1. The van der Waals surface area contributed by atoms with E-state index in [0.717, 1.165) is 11.1 Å². The van der Waals surface area contributed by atoms with Crippen molar-refractivity contribution < 1.29 is 27.4 Å². The van der Waals surface area contributed by atoms with Crippen LogP contribution in [0.25, 0.3) is 0 Å². The highest BCUT2D eigenvalue weighted by Crippen LogP contribution is 2.81. The molecule has 1 fully saturated rings. The van der Waals surface area contributed by atoms with Gasteiger partial charge >= 0.3 is 13.6 Å². The van der Waals surface area contributed by atoms with Crippen molar-refractivity contribution in [3.05, 3.63) is 65.7 Å². The molecule has 4 atom stereocenters. The van der Waals surface area contributed by atoms with Crippen molar-refractivity contribution in [1.29, 1.82) is 0 Å². The van der Waals surface area contributed by atoms with E-state index in [0.29, 0.717) is 4.90 Å². The smallest absolute Gasteiger partial charge is 0.350 e. The van der Waals surface area contributed by atoms with Crippen LogP contribution in [0.2, 0.25) is 0 Å². The fourth-order valence-corrected chi connectivity index (χ4v) is 8.87. The molecule has 2 aromatic carbocycles. The number of methoxy groups -OCH3 is 1. The topological polar surface area (TPSA) is 78.9 Å². The van der Waals surface area contributed by atoms with Gasteiger partial charge in [-0.3, -0.25) is 13.6 Å². The number of aryl methyl sites for hydroxylation is 1. The van der Waals surface area contributed by atoms with Crippen LogP contribution in [0.15, 0.2) is 59.5 Å². The fourth-order valence-electron chi connectivity index (χ4n) is 3.76. The van der Waals surface area contributed by atoms with Crippen molar-refractivity contribution in [1.82, 2.24) is 0 Å². The Hall–Kier alpha value is -1.79. The van der Waals surface area contributed by atoms with Crippen molar-refractivity contribution in [2.24, 2.45) is 5.92 Å². The van der Waals surface area contributed by atoms with Gasteiger partial charge in [0.2, 0.25) is 0 Å². The summed E-state index contributed by atoms with van der Waals surface area (Å²) >= 11 is 0. The molecule has 0 N–H and O–H groups in total. The van der Waals surface area contributed by atoms with E-state index in [1.807, 2.05) is 49.4 Å². The first-order valence-electron chi connectivity index (χ1n) is 8.70. The molecule has 0 bridgehead atoms. The zero-order chi connectivity index (χ0) is 20.5. The number of hydrogen-bond donors (Lipinski definition) is 0. The minimum absolute atomic E-state index is 0.451. The van der Waals surface area contributed by atoms with Gasteiger partial charge in [0, 0.05) is 25.0 Å². The third kappa shape index (κ3) is 3.07. The molecule has 1 aliphatic carbocycles. The third-order valence-electron chi connectivity index (χ3n) is 5.17. The van der Waals surface area contributed by atoms with Crippen LogP contribution < -0.4 is 0 Å². The first kappa shape index (κ1) is 20.9. The predicted octanol–water partition coefficient (Wildman–Crippen LogP) is 3.87. The summed E-state index contributed by atoms with van der Waals surface area (Å²) in [6.45, 7) is 1.92. The SMILES string of the molecule is COC(=O)[C@@H]1[C@@H](c2ccccc2)[C@@]1([S@@](=O)c1ccc(C)cc1)P(=O)(OC)OC. The molecule has 0 heterocycles. The second-order valence-electron chi connectivity index (χ2n) is 6.59. The van der Waals surface area contributed by atoms with E-state index >= 15 is 0 Å². The highest BCUT2D eigenvalue weighted by atomic mass is 32.2. The zero-order valence-electron chi connectivity index (χ0n) is 16.2. The maximum Gasteiger partial charge on any atom is 0.350 e. The average Bonchev–Trinajstić information content (AvgIpc) is 3.45. The third-order valence-corrected chi connectivity index (χ3v) is 10.5. The van der Waals surface area contributed by atoms with Crippen molar-refractivity contribution in [3.63, 3.8) is 0 Å². The monoisotopic (exact) mass is 422 g/mol. The molecular weight excluding hydrogens is 399 g/mol. The van der Waals surface area contributed by atoms with Crippen molar-refractivity contribution in [2.45, 2.75) is 22.2 Å². The van der Waals surface area contributed by atoms with Gasteiger partial charge < -0.3 is 13.8 Å². The summed E-state index contributed by atoms with van der Waals surface area (Å²) in [5.74, 6) is -2.15. The number of hydrogen-bond acceptors (Lipinski definition) is 6. The van der Waals surface area contributed by atoms with Gasteiger partial charge in [0.25, 0.3) is 0 Å². The second kappa shape index (κ2) is 7.91. The lowest BCUT2D eigenvalue weighted by Gasteiger charge is -2.25. The summed E-state index contributed by atoms with van der Waals surface area (Å²) in [5.41, 5.74) is 1.73. The van der Waals surface area contributed by atoms with Gasteiger partial charge in [-0.1, -0.05) is 48.0 Å². The van der Waals surface area contributed by atoms with Crippen molar-refractivity contribution in [2.75, 3.05) is 21.3 Å². The number of rotatable bonds is 7. The molecule has 8 heteroatoms. The Balaban J connectivity index is 2.23. The lowest BCUT2D eigenvalue weighted by molar-refractivity contribution is -0.142. The van der Waals surface area contributed by atoms with Crippen molar-refractivity contribution >= 4 is 24.4 Å². The van der Waals surface area contributed by atoms with Crippen LogP contribution in [-0.2, 0) is 33.9 Å². The van der Waals surface area contributed by atoms with E-state index in [2.05, 4.69) is 0 Å². The molecule has 0 spiro atoms. The molecule has 28 heavy (non-hydrogen) atoms. The quantitative estimate of drug-likeness (QED) is 0.498. The number of benzene rings is 2. The molecule has 0 aliphatic heterocycles. The Bertz CT molecular complexity index is 921. The van der Waals surface area contributed by atoms with Gasteiger partial charge in [-0.2, -0.15) is 0 Å². The van der Waals surface area contributed by atoms with Crippen LogP contribution in [0.1, 0.15) is 17.0 Å². The van der Waals surface area contributed by atoms with Crippen LogP contribution >= 0.6 is 7.60 Å². The van der Waals surface area contributed by atoms with E-state index in [-0.39, 0.29) is 0 Å². The van der Waals surface area contributed by atoms with Crippen LogP contribution in [0.5, 0.6) is 0 Å². The maximum absolute atomic E-state index is 13.8. The minimum Gasteiger partial charge on any atom is -0.469 e. The summed E-state index contributed by atoms with van der Waals surface area (Å²) in [5, 5.41) is 0. The Morgan fingerprint density at radius 1 is 1.00 bits per heavy atom. The average molecular weight is 422 g/mol. The van der Waals surface area contributed by atoms with E-state index < -0.39 is 40.7 Å². The Morgan fingerprint density at radius 3 is 2.07 bits per heavy atom. The van der Waals surface area contributed by atoms with Crippen LogP contribution in [0.3, 0.4) is 0 Å². The van der Waals surface area contributed by atoms with Crippen molar-refractivity contribution in [3.8, 4) is 0 Å². The van der Waals surface area contributed by atoms with Crippen LogP contribution in [0, 0.1) is 12.8 Å². The highest BCUT2D eigenvalue weighted by molar-refractivity contribution is 7.95. The normalized spacial score (nSPS) is 25.1. The van der Waals surface area contributed by atoms with Gasteiger partial charge in [0.15, 0.2) is 4.49 Å². The molecule has 0 amide bonds. The molecule has 0 radical (unpaired) electrons. The molecule has 2 aromatic rings. The number of carbonyl (C=O) groups is 1. The lowest BCUT2D eigenvalue weighted by atomic mass is 10.1. The second-order valence-corrected chi connectivity index (χ2v) is 11.0. The van der Waals surface area contributed by atoms with Crippen LogP contribution in [0.4, 0.5) is 0 Å². The summed E-state index contributed by atoms with van der Waals surface area (Å²) < 4.78 is 41.5. The summed E-state index contributed by atoms with van der Waals surface area (Å²) in [6, 6.07) is 16.1. The van der Waals surface area contributed by atoms with Gasteiger partial charge in [-0.05, 0) is 24.6 Å². The van der Waals surface area contributed by atoms with E-state index in [9.17, 15) is 13.6 Å². The maximum atomic E-state index is 13.8. The Labute approximate surface area is 167 Å². The summed E-state index contributed by atoms with van der Waals surface area (Å²) in [6.07, 6.45) is 0. The molecule has 1 aliphatic rings. The minimum atomic E-state index is -3.95. The fraction of sp³-hybridized carbons (Fsp3) is 0.350. The van der Waals surface area contributed by atoms with Gasteiger partial charge in [0.05, 0.1) is 23.8 Å². The predicted molar refractivity (Wildman–Crippen MR) is 107 cm³/mol. The standard InChI is InChI=1S/C20H23O6PS/c1-14-10-12-16(13-11-14)28(23)20(27(22,25-3)26-4)17(18(20)19(21)24-2)15-8-6-5-7-9-15/h5-13,17-18H,1-4H3/t17-,18+,20+,28+/m1/s1. The molecule has 6 nitrogen and oxygen atoms in total.